The second-order valence-corrected chi connectivity index (χ2v) is 5.73. The Morgan fingerprint density at radius 2 is 1.90 bits per heavy atom. The van der Waals surface area contributed by atoms with E-state index in [2.05, 4.69) is 18.3 Å². The van der Waals surface area contributed by atoms with E-state index in [1.807, 2.05) is 37.3 Å². The summed E-state index contributed by atoms with van der Waals surface area (Å²) in [7, 11) is 1.65. The number of aryl methyl sites for hydroxylation is 1. The molecule has 0 bridgehead atoms. The van der Waals surface area contributed by atoms with Gasteiger partial charge in [0.1, 0.15) is 5.75 Å². The highest BCUT2D eigenvalue weighted by Crippen LogP contribution is 2.33. The lowest BCUT2D eigenvalue weighted by Gasteiger charge is -2.22. The molecule has 0 aliphatic carbocycles. The standard InChI is InChI=1S/C17H19Cl2NO/c1-4-20-17(12-6-5-11(2)15(19)9-12)14-8-7-13(18)10-16(14)21-3/h5-10,17,20H,4H2,1-3H3. The molecular weight excluding hydrogens is 305 g/mol. The highest BCUT2D eigenvalue weighted by molar-refractivity contribution is 6.31. The fourth-order valence-electron chi connectivity index (χ4n) is 2.32. The average Bonchev–Trinajstić information content (AvgIpc) is 2.48. The normalized spacial score (nSPS) is 12.2. The van der Waals surface area contributed by atoms with Crippen molar-refractivity contribution in [2.75, 3.05) is 13.7 Å². The third-order valence-corrected chi connectivity index (χ3v) is 4.09. The molecule has 1 unspecified atom stereocenters. The van der Waals surface area contributed by atoms with Crippen LogP contribution in [0.4, 0.5) is 0 Å². The second kappa shape index (κ2) is 7.17. The number of nitrogens with one attached hydrogen (secondary N) is 1. The Hall–Kier alpha value is -1.22. The van der Waals surface area contributed by atoms with E-state index in [-0.39, 0.29) is 6.04 Å². The molecule has 1 N–H and O–H groups in total. The van der Waals surface area contributed by atoms with Crippen LogP contribution in [-0.2, 0) is 0 Å². The molecule has 0 saturated carbocycles. The van der Waals surface area contributed by atoms with Gasteiger partial charge < -0.3 is 10.1 Å². The van der Waals surface area contributed by atoms with Gasteiger partial charge in [0.15, 0.2) is 0 Å². The summed E-state index contributed by atoms with van der Waals surface area (Å²) in [5.41, 5.74) is 3.22. The average molecular weight is 324 g/mol. The molecule has 4 heteroatoms. The van der Waals surface area contributed by atoms with Crippen molar-refractivity contribution >= 4 is 23.2 Å². The lowest BCUT2D eigenvalue weighted by Crippen LogP contribution is -2.22. The SMILES string of the molecule is CCNC(c1ccc(C)c(Cl)c1)c1ccc(Cl)cc1OC. The third kappa shape index (κ3) is 3.70. The molecule has 21 heavy (non-hydrogen) atoms. The maximum absolute atomic E-state index is 6.26. The number of benzene rings is 2. The van der Waals surface area contributed by atoms with Crippen molar-refractivity contribution in [3.05, 3.63) is 63.1 Å². The van der Waals surface area contributed by atoms with Gasteiger partial charge in [-0.2, -0.15) is 0 Å². The van der Waals surface area contributed by atoms with Crippen LogP contribution in [-0.4, -0.2) is 13.7 Å². The molecular formula is C17H19Cl2NO. The fraction of sp³-hybridized carbons (Fsp3) is 0.294. The first-order valence-electron chi connectivity index (χ1n) is 6.89. The lowest BCUT2D eigenvalue weighted by atomic mass is 9.97. The van der Waals surface area contributed by atoms with Crippen LogP contribution in [0.5, 0.6) is 5.75 Å². The van der Waals surface area contributed by atoms with Crippen LogP contribution in [0.3, 0.4) is 0 Å². The molecule has 0 aliphatic heterocycles. The minimum Gasteiger partial charge on any atom is -0.496 e. The van der Waals surface area contributed by atoms with E-state index in [1.54, 1.807) is 7.11 Å². The Labute approximate surface area is 136 Å². The molecule has 0 heterocycles. The minimum atomic E-state index is 0.0142. The summed E-state index contributed by atoms with van der Waals surface area (Å²) in [4.78, 5) is 0. The zero-order valence-corrected chi connectivity index (χ0v) is 13.9. The molecule has 0 saturated heterocycles. The van der Waals surface area contributed by atoms with E-state index in [0.29, 0.717) is 5.02 Å². The summed E-state index contributed by atoms with van der Waals surface area (Å²) in [6, 6.07) is 11.8. The zero-order chi connectivity index (χ0) is 15.4. The molecule has 0 spiro atoms. The van der Waals surface area contributed by atoms with Crippen LogP contribution in [0.1, 0.15) is 29.7 Å². The zero-order valence-electron chi connectivity index (χ0n) is 12.4. The minimum absolute atomic E-state index is 0.0142. The Morgan fingerprint density at radius 1 is 1.14 bits per heavy atom. The Bertz CT molecular complexity index is 628. The molecule has 0 aromatic heterocycles. The Morgan fingerprint density at radius 3 is 2.52 bits per heavy atom. The van der Waals surface area contributed by atoms with Crippen molar-refractivity contribution in [3.63, 3.8) is 0 Å². The maximum Gasteiger partial charge on any atom is 0.125 e. The lowest BCUT2D eigenvalue weighted by molar-refractivity contribution is 0.404. The number of hydrogen-bond donors (Lipinski definition) is 1. The smallest absolute Gasteiger partial charge is 0.125 e. The third-order valence-electron chi connectivity index (χ3n) is 3.44. The first kappa shape index (κ1) is 16.2. The predicted octanol–water partition coefficient (Wildman–Crippen LogP) is 5.01. The fourth-order valence-corrected chi connectivity index (χ4v) is 2.67. The van der Waals surface area contributed by atoms with Crippen molar-refractivity contribution in [1.82, 2.24) is 5.32 Å². The van der Waals surface area contributed by atoms with E-state index >= 15 is 0 Å². The number of ether oxygens (including phenoxy) is 1. The summed E-state index contributed by atoms with van der Waals surface area (Å²) in [5.74, 6) is 0.769. The summed E-state index contributed by atoms with van der Waals surface area (Å²) < 4.78 is 5.47. The van der Waals surface area contributed by atoms with Crippen molar-refractivity contribution in [2.24, 2.45) is 0 Å². The van der Waals surface area contributed by atoms with Gasteiger partial charge in [-0.25, -0.2) is 0 Å². The molecule has 2 rings (SSSR count). The van der Waals surface area contributed by atoms with Gasteiger partial charge in [-0.15, -0.1) is 0 Å². The predicted molar refractivity (Wildman–Crippen MR) is 89.7 cm³/mol. The molecule has 2 aromatic rings. The highest BCUT2D eigenvalue weighted by atomic mass is 35.5. The van der Waals surface area contributed by atoms with Gasteiger partial charge in [0.25, 0.3) is 0 Å². The number of hydrogen-bond acceptors (Lipinski definition) is 2. The Balaban J connectivity index is 2.50. The molecule has 112 valence electrons. The second-order valence-electron chi connectivity index (χ2n) is 4.89. The summed E-state index contributed by atoms with van der Waals surface area (Å²) in [5, 5.41) is 4.90. The molecule has 0 aliphatic rings. The van der Waals surface area contributed by atoms with E-state index in [1.165, 1.54) is 0 Å². The number of rotatable bonds is 5. The van der Waals surface area contributed by atoms with Gasteiger partial charge in [0.05, 0.1) is 13.2 Å². The van der Waals surface area contributed by atoms with E-state index in [0.717, 1.165) is 34.0 Å². The van der Waals surface area contributed by atoms with Crippen molar-refractivity contribution < 1.29 is 4.74 Å². The van der Waals surface area contributed by atoms with Gasteiger partial charge >= 0.3 is 0 Å². The molecule has 0 fully saturated rings. The van der Waals surface area contributed by atoms with Crippen LogP contribution in [0.15, 0.2) is 36.4 Å². The van der Waals surface area contributed by atoms with Gasteiger partial charge in [-0.05, 0) is 42.8 Å². The van der Waals surface area contributed by atoms with Gasteiger partial charge in [-0.1, -0.05) is 48.3 Å². The molecule has 0 radical (unpaired) electrons. The van der Waals surface area contributed by atoms with Gasteiger partial charge in [0.2, 0.25) is 0 Å². The topological polar surface area (TPSA) is 21.3 Å². The number of methoxy groups -OCH3 is 1. The van der Waals surface area contributed by atoms with Crippen molar-refractivity contribution in [3.8, 4) is 5.75 Å². The van der Waals surface area contributed by atoms with E-state index in [9.17, 15) is 0 Å². The summed E-state index contributed by atoms with van der Waals surface area (Å²) in [6.45, 7) is 4.91. The van der Waals surface area contributed by atoms with E-state index < -0.39 is 0 Å². The van der Waals surface area contributed by atoms with Crippen LogP contribution in [0.2, 0.25) is 10.0 Å². The maximum atomic E-state index is 6.26. The molecule has 2 nitrogen and oxygen atoms in total. The molecule has 1 atom stereocenters. The largest absolute Gasteiger partial charge is 0.496 e. The van der Waals surface area contributed by atoms with Crippen LogP contribution < -0.4 is 10.1 Å². The monoisotopic (exact) mass is 323 g/mol. The van der Waals surface area contributed by atoms with Crippen LogP contribution in [0, 0.1) is 6.92 Å². The summed E-state index contributed by atoms with van der Waals surface area (Å²) in [6.07, 6.45) is 0. The van der Waals surface area contributed by atoms with Crippen molar-refractivity contribution in [1.29, 1.82) is 0 Å². The van der Waals surface area contributed by atoms with Crippen LogP contribution >= 0.6 is 23.2 Å². The first-order chi connectivity index (χ1) is 10.1. The summed E-state index contributed by atoms with van der Waals surface area (Å²) >= 11 is 12.3. The quantitative estimate of drug-likeness (QED) is 0.835. The first-order valence-corrected chi connectivity index (χ1v) is 7.65. The van der Waals surface area contributed by atoms with E-state index in [4.69, 9.17) is 27.9 Å². The van der Waals surface area contributed by atoms with Gasteiger partial charge in [0, 0.05) is 15.6 Å². The number of halogens is 2. The van der Waals surface area contributed by atoms with Crippen molar-refractivity contribution in [2.45, 2.75) is 19.9 Å². The highest BCUT2D eigenvalue weighted by Gasteiger charge is 2.18. The van der Waals surface area contributed by atoms with Gasteiger partial charge in [-0.3, -0.25) is 0 Å². The van der Waals surface area contributed by atoms with Crippen LogP contribution in [0.25, 0.3) is 0 Å². The molecule has 2 aromatic carbocycles. The Kier molecular flexibility index (Phi) is 5.51. The molecule has 0 amide bonds.